The number of methoxy groups -OCH3 is 1. The summed E-state index contributed by atoms with van der Waals surface area (Å²) in [4.78, 5) is 11.0. The maximum absolute atomic E-state index is 11.0. The van der Waals surface area contributed by atoms with E-state index in [9.17, 15) is 4.79 Å². The molecule has 6 heteroatoms. The van der Waals surface area contributed by atoms with Crippen molar-refractivity contribution in [3.63, 3.8) is 0 Å². The lowest BCUT2D eigenvalue weighted by molar-refractivity contribution is -0.0290. The summed E-state index contributed by atoms with van der Waals surface area (Å²) in [5.74, 6) is 0. The fourth-order valence-corrected chi connectivity index (χ4v) is 1.17. The summed E-state index contributed by atoms with van der Waals surface area (Å²) in [6.45, 7) is 6.22. The van der Waals surface area contributed by atoms with E-state index in [1.165, 1.54) is 7.11 Å². The lowest BCUT2D eigenvalue weighted by Crippen LogP contribution is -2.21. The summed E-state index contributed by atoms with van der Waals surface area (Å²) in [5.41, 5.74) is 0. The maximum Gasteiger partial charge on any atom is 0.508 e. The van der Waals surface area contributed by atoms with Crippen LogP contribution in [0.25, 0.3) is 0 Å². The molecule has 0 aromatic carbocycles. The molecular formula is C12H24O6. The molecule has 0 amide bonds. The molecule has 0 radical (unpaired) electrons. The van der Waals surface area contributed by atoms with Crippen molar-refractivity contribution >= 4 is 6.16 Å². The van der Waals surface area contributed by atoms with Crippen molar-refractivity contribution in [1.82, 2.24) is 0 Å². The lowest BCUT2D eigenvalue weighted by atomic mass is 10.3. The zero-order chi connectivity index (χ0) is 13.6. The molecule has 0 aromatic rings. The normalized spacial score (nSPS) is 12.2. The number of hydrogen-bond acceptors (Lipinski definition) is 6. The standard InChI is InChI=1S/C12H24O6/c1-4-11(16-5-2)10-15-7-9-18-12(13)17-8-6-14-3/h11H,4-10H2,1-3H3. The summed E-state index contributed by atoms with van der Waals surface area (Å²) in [5, 5.41) is 0. The zero-order valence-electron chi connectivity index (χ0n) is 11.5. The van der Waals surface area contributed by atoms with Crippen LogP contribution in [0.3, 0.4) is 0 Å². The highest BCUT2D eigenvalue weighted by atomic mass is 16.7. The van der Waals surface area contributed by atoms with Gasteiger partial charge in [-0.25, -0.2) is 4.79 Å². The molecule has 108 valence electrons. The molecule has 18 heavy (non-hydrogen) atoms. The summed E-state index contributed by atoms with van der Waals surface area (Å²) in [6.07, 6.45) is 0.296. The van der Waals surface area contributed by atoms with E-state index in [1.807, 2.05) is 13.8 Å². The maximum atomic E-state index is 11.0. The first-order valence-corrected chi connectivity index (χ1v) is 6.22. The molecule has 1 atom stereocenters. The number of carbonyl (C=O) groups is 1. The van der Waals surface area contributed by atoms with E-state index in [4.69, 9.17) is 23.7 Å². The van der Waals surface area contributed by atoms with Gasteiger partial charge in [-0.3, -0.25) is 0 Å². The lowest BCUT2D eigenvalue weighted by Gasteiger charge is -2.14. The fraction of sp³-hybridized carbons (Fsp3) is 0.917. The van der Waals surface area contributed by atoms with Crippen molar-refractivity contribution in [2.75, 3.05) is 46.8 Å². The number of carbonyl (C=O) groups excluding carboxylic acids is 1. The highest BCUT2D eigenvalue weighted by Crippen LogP contribution is 1.98. The third-order valence-electron chi connectivity index (χ3n) is 2.12. The van der Waals surface area contributed by atoms with Crippen molar-refractivity contribution in [2.45, 2.75) is 26.4 Å². The Bertz CT molecular complexity index is 197. The molecule has 0 rings (SSSR count). The quantitative estimate of drug-likeness (QED) is 0.417. The van der Waals surface area contributed by atoms with Crippen LogP contribution in [0.2, 0.25) is 0 Å². The average Bonchev–Trinajstić information content (AvgIpc) is 2.37. The van der Waals surface area contributed by atoms with Crippen molar-refractivity contribution < 1.29 is 28.5 Å². The Morgan fingerprint density at radius 3 is 2.28 bits per heavy atom. The van der Waals surface area contributed by atoms with Crippen LogP contribution in [0.1, 0.15) is 20.3 Å². The molecular weight excluding hydrogens is 240 g/mol. The Labute approximate surface area is 108 Å². The predicted octanol–water partition coefficient (Wildman–Crippen LogP) is 1.62. The van der Waals surface area contributed by atoms with E-state index in [-0.39, 0.29) is 19.3 Å². The van der Waals surface area contributed by atoms with E-state index >= 15 is 0 Å². The van der Waals surface area contributed by atoms with Crippen LogP contribution in [-0.2, 0) is 23.7 Å². The van der Waals surface area contributed by atoms with Crippen molar-refractivity contribution in [3.8, 4) is 0 Å². The SMILES string of the molecule is CCOC(CC)COCCOC(=O)OCCOC. The smallest absolute Gasteiger partial charge is 0.432 e. The van der Waals surface area contributed by atoms with Crippen LogP contribution in [0, 0.1) is 0 Å². The Balaban J connectivity index is 3.35. The molecule has 0 aliphatic heterocycles. The van der Waals surface area contributed by atoms with Gasteiger partial charge in [-0.2, -0.15) is 0 Å². The van der Waals surface area contributed by atoms with Gasteiger partial charge < -0.3 is 23.7 Å². The predicted molar refractivity (Wildman–Crippen MR) is 65.7 cm³/mol. The van der Waals surface area contributed by atoms with Crippen molar-refractivity contribution in [2.24, 2.45) is 0 Å². The van der Waals surface area contributed by atoms with Gasteiger partial charge in [0, 0.05) is 13.7 Å². The summed E-state index contributed by atoms with van der Waals surface area (Å²) in [6, 6.07) is 0. The van der Waals surface area contributed by atoms with Crippen LogP contribution in [0.5, 0.6) is 0 Å². The van der Waals surface area contributed by atoms with Gasteiger partial charge in [0.2, 0.25) is 0 Å². The number of hydrogen-bond donors (Lipinski definition) is 0. The minimum absolute atomic E-state index is 0.101. The highest BCUT2D eigenvalue weighted by molar-refractivity contribution is 5.59. The van der Waals surface area contributed by atoms with Crippen LogP contribution in [-0.4, -0.2) is 59.0 Å². The topological polar surface area (TPSA) is 63.2 Å². The van der Waals surface area contributed by atoms with E-state index in [0.29, 0.717) is 26.4 Å². The zero-order valence-corrected chi connectivity index (χ0v) is 11.5. The van der Waals surface area contributed by atoms with Crippen LogP contribution in [0.4, 0.5) is 4.79 Å². The van der Waals surface area contributed by atoms with Gasteiger partial charge in [0.25, 0.3) is 0 Å². The molecule has 0 bridgehead atoms. The highest BCUT2D eigenvalue weighted by Gasteiger charge is 2.06. The first kappa shape index (κ1) is 17.2. The second kappa shape index (κ2) is 12.6. The molecule has 0 fully saturated rings. The Morgan fingerprint density at radius 2 is 1.72 bits per heavy atom. The Morgan fingerprint density at radius 1 is 1.06 bits per heavy atom. The van der Waals surface area contributed by atoms with Gasteiger partial charge in [-0.15, -0.1) is 0 Å². The molecule has 0 aromatic heterocycles. The first-order chi connectivity index (χ1) is 8.74. The van der Waals surface area contributed by atoms with Gasteiger partial charge in [0.05, 0.1) is 25.9 Å². The Kier molecular flexibility index (Phi) is 12.0. The molecule has 0 heterocycles. The van der Waals surface area contributed by atoms with Crippen LogP contribution < -0.4 is 0 Å². The second-order valence-electron chi connectivity index (χ2n) is 3.50. The second-order valence-corrected chi connectivity index (χ2v) is 3.50. The molecule has 0 saturated heterocycles. The van der Waals surface area contributed by atoms with Crippen LogP contribution in [0.15, 0.2) is 0 Å². The van der Waals surface area contributed by atoms with E-state index < -0.39 is 6.16 Å². The number of ether oxygens (including phenoxy) is 5. The van der Waals surface area contributed by atoms with Gasteiger partial charge in [0.1, 0.15) is 13.2 Å². The fourth-order valence-electron chi connectivity index (χ4n) is 1.17. The van der Waals surface area contributed by atoms with E-state index in [1.54, 1.807) is 0 Å². The molecule has 0 aliphatic rings. The minimum atomic E-state index is -0.701. The third-order valence-corrected chi connectivity index (χ3v) is 2.12. The monoisotopic (exact) mass is 264 g/mol. The van der Waals surface area contributed by atoms with Gasteiger partial charge in [-0.1, -0.05) is 6.92 Å². The first-order valence-electron chi connectivity index (χ1n) is 6.22. The average molecular weight is 264 g/mol. The Hall–Kier alpha value is -0.850. The van der Waals surface area contributed by atoms with Gasteiger partial charge in [0.15, 0.2) is 0 Å². The van der Waals surface area contributed by atoms with E-state index in [2.05, 4.69) is 0 Å². The summed E-state index contributed by atoms with van der Waals surface area (Å²) in [7, 11) is 1.53. The summed E-state index contributed by atoms with van der Waals surface area (Å²) >= 11 is 0. The molecule has 0 saturated carbocycles. The molecule has 0 spiro atoms. The minimum Gasteiger partial charge on any atom is -0.432 e. The molecule has 6 nitrogen and oxygen atoms in total. The van der Waals surface area contributed by atoms with Gasteiger partial charge in [-0.05, 0) is 13.3 Å². The van der Waals surface area contributed by atoms with Crippen LogP contribution >= 0.6 is 0 Å². The molecule has 1 unspecified atom stereocenters. The summed E-state index contributed by atoms with van der Waals surface area (Å²) < 4.78 is 25.0. The molecule has 0 N–H and O–H groups in total. The van der Waals surface area contributed by atoms with Crippen molar-refractivity contribution in [1.29, 1.82) is 0 Å². The third kappa shape index (κ3) is 10.3. The molecule has 0 aliphatic carbocycles. The van der Waals surface area contributed by atoms with E-state index in [0.717, 1.165) is 6.42 Å². The number of rotatable bonds is 11. The van der Waals surface area contributed by atoms with Gasteiger partial charge >= 0.3 is 6.16 Å². The largest absolute Gasteiger partial charge is 0.508 e. The van der Waals surface area contributed by atoms with Crippen molar-refractivity contribution in [3.05, 3.63) is 0 Å².